The summed E-state index contributed by atoms with van der Waals surface area (Å²) in [6, 6.07) is 2.27. The number of hydrogen-bond acceptors (Lipinski definition) is 8. The van der Waals surface area contributed by atoms with Crippen LogP contribution in [0.1, 0.15) is 37.3 Å². The lowest BCUT2D eigenvalue weighted by Crippen LogP contribution is -2.44. The molecule has 2 aromatic rings. The molecule has 2 aromatic heterocycles. The second kappa shape index (κ2) is 11.7. The number of nitrogens with zero attached hydrogens (tertiary/aromatic N) is 3. The maximum atomic E-state index is 7.98. The molecule has 0 unspecified atom stereocenters. The Hall–Kier alpha value is -3.56. The molecule has 0 aromatic carbocycles. The van der Waals surface area contributed by atoms with Crippen LogP contribution in [0.4, 0.5) is 5.82 Å². The largest absolute Gasteiger partial charge is 0.442 e. The number of nitrogens with two attached hydrogens (primary N) is 1. The third-order valence-electron chi connectivity index (χ3n) is 6.52. The van der Waals surface area contributed by atoms with Gasteiger partial charge < -0.3 is 36.1 Å². The molecule has 4 rings (SSSR count). The molecule has 0 bridgehead atoms. The van der Waals surface area contributed by atoms with Gasteiger partial charge in [0.1, 0.15) is 17.5 Å². The van der Waals surface area contributed by atoms with E-state index in [9.17, 15) is 0 Å². The zero-order valence-corrected chi connectivity index (χ0v) is 20.2. The molecule has 3 heterocycles. The summed E-state index contributed by atoms with van der Waals surface area (Å²) >= 11 is 0. The highest BCUT2D eigenvalue weighted by Crippen LogP contribution is 2.39. The number of hydrogen-bond donors (Lipinski definition) is 5. The van der Waals surface area contributed by atoms with Gasteiger partial charge in [-0.2, -0.15) is 0 Å². The monoisotopic (exact) mass is 476 g/mol. The summed E-state index contributed by atoms with van der Waals surface area (Å²) in [4.78, 5) is 6.47. The maximum Gasteiger partial charge on any atom is 0.181 e. The molecule has 6 N–H and O–H groups in total. The lowest BCUT2D eigenvalue weighted by Gasteiger charge is -2.27. The van der Waals surface area contributed by atoms with E-state index in [0.717, 1.165) is 68.2 Å². The van der Waals surface area contributed by atoms with E-state index in [0.29, 0.717) is 23.4 Å². The van der Waals surface area contributed by atoms with E-state index in [2.05, 4.69) is 43.6 Å². The van der Waals surface area contributed by atoms with Gasteiger partial charge in [-0.25, -0.2) is 4.98 Å². The van der Waals surface area contributed by atoms with Crippen LogP contribution in [0.3, 0.4) is 0 Å². The van der Waals surface area contributed by atoms with Crippen LogP contribution >= 0.6 is 0 Å². The average Bonchev–Trinajstić information content (AvgIpc) is 3.63. The molecule has 1 saturated heterocycles. The van der Waals surface area contributed by atoms with Crippen molar-refractivity contribution in [1.29, 1.82) is 5.41 Å². The summed E-state index contributed by atoms with van der Waals surface area (Å²) < 4.78 is 7.81. The fourth-order valence-corrected chi connectivity index (χ4v) is 4.76. The van der Waals surface area contributed by atoms with Gasteiger partial charge in [-0.1, -0.05) is 38.2 Å². The molecule has 9 nitrogen and oxygen atoms in total. The van der Waals surface area contributed by atoms with E-state index >= 15 is 0 Å². The van der Waals surface area contributed by atoms with E-state index in [4.69, 9.17) is 15.6 Å². The van der Waals surface area contributed by atoms with Gasteiger partial charge in [0.15, 0.2) is 12.2 Å². The summed E-state index contributed by atoms with van der Waals surface area (Å²) in [6.07, 6.45) is 14.7. The second-order valence-corrected chi connectivity index (χ2v) is 8.97. The Morgan fingerprint density at radius 3 is 2.71 bits per heavy atom. The van der Waals surface area contributed by atoms with E-state index in [1.165, 1.54) is 25.4 Å². The van der Waals surface area contributed by atoms with Gasteiger partial charge in [0.25, 0.3) is 0 Å². The molecule has 186 valence electrons. The summed E-state index contributed by atoms with van der Waals surface area (Å²) in [6.45, 7) is 13.0. The van der Waals surface area contributed by atoms with Gasteiger partial charge >= 0.3 is 0 Å². The van der Waals surface area contributed by atoms with E-state index in [1.807, 2.05) is 24.3 Å². The molecule has 2 aliphatic rings. The first kappa shape index (κ1) is 24.6. The second-order valence-electron chi connectivity index (χ2n) is 8.97. The lowest BCUT2D eigenvalue weighted by molar-refractivity contribution is 0.261. The molecule has 0 atom stereocenters. The summed E-state index contributed by atoms with van der Waals surface area (Å²) in [5, 5.41) is 17.8. The Bertz CT molecular complexity index is 1080. The molecule has 1 aliphatic carbocycles. The zero-order valence-electron chi connectivity index (χ0n) is 20.2. The first-order chi connectivity index (χ1) is 17.1. The van der Waals surface area contributed by atoms with Crippen molar-refractivity contribution in [3.8, 4) is 11.5 Å². The van der Waals surface area contributed by atoms with Crippen molar-refractivity contribution < 1.29 is 4.42 Å². The van der Waals surface area contributed by atoms with Crippen LogP contribution in [0, 0.1) is 5.41 Å². The van der Waals surface area contributed by atoms with Crippen LogP contribution in [-0.4, -0.2) is 53.4 Å². The van der Waals surface area contributed by atoms with Crippen LogP contribution in [-0.2, 0) is 0 Å². The minimum Gasteiger partial charge on any atom is -0.442 e. The molecule has 35 heavy (non-hydrogen) atoms. The molecule has 1 aliphatic heterocycles. The molecule has 9 heteroatoms. The average molecular weight is 477 g/mol. The fraction of sp³-hybridized carbons (Fsp3) is 0.385. The van der Waals surface area contributed by atoms with Gasteiger partial charge in [0, 0.05) is 50.5 Å². The van der Waals surface area contributed by atoms with Crippen LogP contribution < -0.4 is 21.7 Å². The van der Waals surface area contributed by atoms with Crippen LogP contribution in [0.5, 0.6) is 0 Å². The topological polar surface area (TPSA) is 120 Å². The minimum absolute atomic E-state index is 0.315. The van der Waals surface area contributed by atoms with Crippen molar-refractivity contribution in [3.63, 3.8) is 0 Å². The standard InChI is InChI=1S/C26H36N8O/c1-3-20(17-33-12-10-29-11-13-33)8-9-25(28)31-19(2)32-26-21(15-27)14-23(24-16-30-18-35-24)34(26)22-6-4-5-7-22/h3,8-9,14-16,18,22,27,29,31-32H,1-2,4-7,10-13,17,28H2/b20-8+,25-9+,27-15?. The number of rotatable bonds is 11. The Labute approximate surface area is 207 Å². The molecular formula is C26H36N8O. The number of nitrogens with one attached hydrogen (secondary N) is 4. The Morgan fingerprint density at radius 1 is 1.29 bits per heavy atom. The highest BCUT2D eigenvalue weighted by atomic mass is 16.3. The highest BCUT2D eigenvalue weighted by Gasteiger charge is 2.26. The zero-order chi connectivity index (χ0) is 24.6. The van der Waals surface area contributed by atoms with Crippen molar-refractivity contribution in [2.24, 2.45) is 5.73 Å². The van der Waals surface area contributed by atoms with Crippen molar-refractivity contribution in [3.05, 3.63) is 72.8 Å². The molecule has 0 spiro atoms. The highest BCUT2D eigenvalue weighted by molar-refractivity contribution is 5.88. The van der Waals surface area contributed by atoms with E-state index in [1.54, 1.807) is 6.20 Å². The molecule has 0 amide bonds. The predicted molar refractivity (Wildman–Crippen MR) is 141 cm³/mol. The van der Waals surface area contributed by atoms with E-state index < -0.39 is 0 Å². The normalized spacial score (nSPS) is 17.9. The van der Waals surface area contributed by atoms with Crippen molar-refractivity contribution in [2.75, 3.05) is 38.0 Å². The van der Waals surface area contributed by atoms with Gasteiger partial charge in [-0.15, -0.1) is 0 Å². The van der Waals surface area contributed by atoms with E-state index in [-0.39, 0.29) is 0 Å². The lowest BCUT2D eigenvalue weighted by atomic mass is 10.2. The molecule has 0 radical (unpaired) electrons. The van der Waals surface area contributed by atoms with Crippen molar-refractivity contribution in [1.82, 2.24) is 25.1 Å². The quantitative estimate of drug-likeness (QED) is 0.248. The molecule has 1 saturated carbocycles. The minimum atomic E-state index is 0.315. The number of oxazole rings is 1. The first-order valence-electron chi connectivity index (χ1n) is 12.2. The fourth-order valence-electron chi connectivity index (χ4n) is 4.76. The van der Waals surface area contributed by atoms with Gasteiger partial charge in [0.2, 0.25) is 0 Å². The summed E-state index contributed by atoms with van der Waals surface area (Å²) in [7, 11) is 0. The van der Waals surface area contributed by atoms with Gasteiger partial charge in [-0.3, -0.25) is 4.90 Å². The number of allylic oxidation sites excluding steroid dienone is 2. The van der Waals surface area contributed by atoms with Crippen molar-refractivity contribution >= 4 is 12.0 Å². The SMILES string of the molecule is C=C/C(=C\C=C(/N)NC(=C)Nc1c(C=N)cc(-c2cnco2)n1C1CCCC1)CN1CCNCC1. The number of piperazine rings is 1. The third kappa shape index (κ3) is 6.12. The summed E-state index contributed by atoms with van der Waals surface area (Å²) in [5.74, 6) is 2.47. The van der Waals surface area contributed by atoms with Crippen molar-refractivity contribution in [2.45, 2.75) is 31.7 Å². The Kier molecular flexibility index (Phi) is 8.23. The predicted octanol–water partition coefficient (Wildman–Crippen LogP) is 3.55. The number of anilines is 1. The van der Waals surface area contributed by atoms with Crippen LogP contribution in [0.25, 0.3) is 11.5 Å². The Morgan fingerprint density at radius 2 is 2.06 bits per heavy atom. The van der Waals surface area contributed by atoms with Gasteiger partial charge in [0.05, 0.1) is 11.9 Å². The summed E-state index contributed by atoms with van der Waals surface area (Å²) in [5.41, 5.74) is 9.00. The first-order valence-corrected chi connectivity index (χ1v) is 12.2. The smallest absolute Gasteiger partial charge is 0.181 e. The van der Waals surface area contributed by atoms with Crippen LogP contribution in [0.2, 0.25) is 0 Å². The Balaban J connectivity index is 1.49. The van der Waals surface area contributed by atoms with Crippen LogP contribution in [0.15, 0.2) is 71.7 Å². The molecular weight excluding hydrogens is 440 g/mol. The molecule has 2 fully saturated rings. The maximum absolute atomic E-state index is 7.98. The number of aromatic nitrogens is 2. The third-order valence-corrected chi connectivity index (χ3v) is 6.52. The van der Waals surface area contributed by atoms with Gasteiger partial charge in [-0.05, 0) is 30.6 Å².